The van der Waals surface area contributed by atoms with Crippen LogP contribution in [0.2, 0.25) is 0 Å². The Morgan fingerprint density at radius 3 is 2.84 bits per heavy atom. The van der Waals surface area contributed by atoms with E-state index in [-0.39, 0.29) is 5.95 Å². The summed E-state index contributed by atoms with van der Waals surface area (Å²) in [6.07, 6.45) is 0. The van der Waals surface area contributed by atoms with Gasteiger partial charge in [-0.25, -0.2) is 0 Å². The number of nitrogens with one attached hydrogen (secondary N) is 1. The number of rotatable bonds is 5. The van der Waals surface area contributed by atoms with E-state index in [9.17, 15) is 0 Å². The van der Waals surface area contributed by atoms with Crippen LogP contribution < -0.4 is 16.0 Å². The first-order valence-corrected chi connectivity index (χ1v) is 7.58. The number of hydrogen-bond donors (Lipinski definition) is 2. The summed E-state index contributed by atoms with van der Waals surface area (Å²) in [5, 5.41) is 5.27. The van der Waals surface area contributed by atoms with Gasteiger partial charge in [-0.05, 0) is 39.9 Å². The number of nitrogens with zero attached hydrogens (tertiary/aromatic N) is 3. The zero-order chi connectivity index (χ0) is 13.8. The molecule has 5 nitrogen and oxygen atoms in total. The molecular formula is C12H16BrN5S. The van der Waals surface area contributed by atoms with E-state index in [0.29, 0.717) is 0 Å². The number of hydrogen-bond acceptors (Lipinski definition) is 6. The van der Waals surface area contributed by atoms with Crippen LogP contribution in [-0.4, -0.2) is 23.6 Å². The summed E-state index contributed by atoms with van der Waals surface area (Å²) in [6, 6.07) is 4.01. The summed E-state index contributed by atoms with van der Waals surface area (Å²) in [5.41, 5.74) is 6.97. The minimum Gasteiger partial charge on any atom is -0.370 e. The van der Waals surface area contributed by atoms with Crippen molar-refractivity contribution in [3.05, 3.63) is 26.9 Å². The third-order valence-corrected chi connectivity index (χ3v) is 4.07. The predicted molar refractivity (Wildman–Crippen MR) is 84.7 cm³/mol. The molecule has 0 aliphatic heterocycles. The van der Waals surface area contributed by atoms with Gasteiger partial charge in [-0.1, -0.05) is 0 Å². The third-order valence-electron chi connectivity index (χ3n) is 2.52. The molecule has 102 valence electrons. The Morgan fingerprint density at radius 2 is 2.21 bits per heavy atom. The zero-order valence-corrected chi connectivity index (χ0v) is 13.3. The van der Waals surface area contributed by atoms with Crippen LogP contribution in [0.4, 0.5) is 17.6 Å². The summed E-state index contributed by atoms with van der Waals surface area (Å²) < 4.78 is 1.13. The van der Waals surface area contributed by atoms with E-state index in [2.05, 4.69) is 42.7 Å². The summed E-state index contributed by atoms with van der Waals surface area (Å²) >= 11 is 5.14. The van der Waals surface area contributed by atoms with Crippen molar-refractivity contribution in [3.63, 3.8) is 0 Å². The number of anilines is 3. The monoisotopic (exact) mass is 341 g/mol. The number of nitrogen functional groups attached to an aromatic ring is 1. The first kappa shape index (κ1) is 14.1. The fourth-order valence-corrected chi connectivity index (χ4v) is 2.90. The van der Waals surface area contributed by atoms with Crippen molar-refractivity contribution < 1.29 is 0 Å². The van der Waals surface area contributed by atoms with Gasteiger partial charge in [0.2, 0.25) is 5.95 Å². The molecule has 2 aromatic rings. The lowest BCUT2D eigenvalue weighted by Crippen LogP contribution is -2.18. The fourth-order valence-electron chi connectivity index (χ4n) is 1.70. The SMILES string of the molecule is CCNc1cc(N(C)Cc2csc(Br)c2)nc(N)n1. The second kappa shape index (κ2) is 6.21. The zero-order valence-electron chi connectivity index (χ0n) is 10.9. The number of thiophene rings is 1. The van der Waals surface area contributed by atoms with Crippen molar-refractivity contribution in [1.29, 1.82) is 0 Å². The number of nitrogens with two attached hydrogens (primary N) is 1. The minimum atomic E-state index is 0.284. The van der Waals surface area contributed by atoms with Gasteiger partial charge in [-0.3, -0.25) is 0 Å². The molecule has 0 fully saturated rings. The molecule has 7 heteroatoms. The Morgan fingerprint density at radius 1 is 1.42 bits per heavy atom. The largest absolute Gasteiger partial charge is 0.370 e. The second-order valence-electron chi connectivity index (χ2n) is 4.12. The van der Waals surface area contributed by atoms with E-state index in [1.165, 1.54) is 5.56 Å². The maximum atomic E-state index is 5.73. The van der Waals surface area contributed by atoms with Crippen molar-refractivity contribution >= 4 is 44.9 Å². The van der Waals surface area contributed by atoms with Gasteiger partial charge in [0.25, 0.3) is 0 Å². The molecule has 0 saturated carbocycles. The van der Waals surface area contributed by atoms with E-state index < -0.39 is 0 Å². The molecule has 0 saturated heterocycles. The molecule has 0 aliphatic rings. The van der Waals surface area contributed by atoms with Crippen LogP contribution in [0.15, 0.2) is 21.3 Å². The molecule has 0 bridgehead atoms. The average Bonchev–Trinajstić information content (AvgIpc) is 2.74. The first-order chi connectivity index (χ1) is 9.08. The Bertz CT molecular complexity index is 557. The molecule has 0 atom stereocenters. The molecule has 0 spiro atoms. The lowest BCUT2D eigenvalue weighted by Gasteiger charge is -2.18. The highest BCUT2D eigenvalue weighted by Gasteiger charge is 2.08. The smallest absolute Gasteiger partial charge is 0.223 e. The molecule has 0 aliphatic carbocycles. The topological polar surface area (TPSA) is 67.1 Å². The minimum absolute atomic E-state index is 0.284. The quantitative estimate of drug-likeness (QED) is 0.875. The van der Waals surface area contributed by atoms with Gasteiger partial charge in [0.1, 0.15) is 11.6 Å². The number of halogens is 1. The maximum absolute atomic E-state index is 5.73. The van der Waals surface area contributed by atoms with Crippen LogP contribution in [0.3, 0.4) is 0 Å². The van der Waals surface area contributed by atoms with Crippen LogP contribution in [-0.2, 0) is 6.54 Å². The van der Waals surface area contributed by atoms with Crippen LogP contribution in [0.25, 0.3) is 0 Å². The van der Waals surface area contributed by atoms with Crippen molar-refractivity contribution in [2.45, 2.75) is 13.5 Å². The van der Waals surface area contributed by atoms with Gasteiger partial charge < -0.3 is 16.0 Å². The molecule has 0 radical (unpaired) electrons. The molecule has 2 heterocycles. The summed E-state index contributed by atoms with van der Waals surface area (Å²) in [5.74, 6) is 1.85. The van der Waals surface area contributed by atoms with E-state index >= 15 is 0 Å². The molecule has 0 aromatic carbocycles. The molecule has 3 N–H and O–H groups in total. The highest BCUT2D eigenvalue weighted by molar-refractivity contribution is 9.11. The Kier molecular flexibility index (Phi) is 4.60. The summed E-state index contributed by atoms with van der Waals surface area (Å²) in [4.78, 5) is 10.5. The van der Waals surface area contributed by atoms with Gasteiger partial charge >= 0.3 is 0 Å². The van der Waals surface area contributed by atoms with Crippen LogP contribution in [0.5, 0.6) is 0 Å². The second-order valence-corrected chi connectivity index (χ2v) is 6.41. The Labute approximate surface area is 125 Å². The fraction of sp³-hybridized carbons (Fsp3) is 0.333. The Balaban J connectivity index is 2.15. The van der Waals surface area contributed by atoms with E-state index in [1.54, 1.807) is 11.3 Å². The van der Waals surface area contributed by atoms with Gasteiger partial charge in [0.15, 0.2) is 0 Å². The van der Waals surface area contributed by atoms with Crippen molar-refractivity contribution in [2.24, 2.45) is 0 Å². The van der Waals surface area contributed by atoms with Crippen molar-refractivity contribution in [1.82, 2.24) is 9.97 Å². The highest BCUT2D eigenvalue weighted by Crippen LogP contribution is 2.23. The molecule has 0 unspecified atom stereocenters. The van der Waals surface area contributed by atoms with Gasteiger partial charge in [0.05, 0.1) is 3.79 Å². The number of aromatic nitrogens is 2. The van der Waals surface area contributed by atoms with Crippen molar-refractivity contribution in [3.8, 4) is 0 Å². The Hall–Kier alpha value is -1.34. The molecule has 2 rings (SSSR count). The van der Waals surface area contributed by atoms with Crippen LogP contribution in [0, 0.1) is 0 Å². The highest BCUT2D eigenvalue weighted by atomic mass is 79.9. The summed E-state index contributed by atoms with van der Waals surface area (Å²) in [6.45, 7) is 3.60. The van der Waals surface area contributed by atoms with E-state index in [1.807, 2.05) is 24.9 Å². The maximum Gasteiger partial charge on any atom is 0.223 e. The predicted octanol–water partition coefficient (Wildman–Crippen LogP) is 2.95. The summed E-state index contributed by atoms with van der Waals surface area (Å²) in [7, 11) is 1.99. The third kappa shape index (κ3) is 3.81. The van der Waals surface area contributed by atoms with Crippen LogP contribution in [0.1, 0.15) is 12.5 Å². The average molecular weight is 342 g/mol. The molecule has 19 heavy (non-hydrogen) atoms. The lowest BCUT2D eigenvalue weighted by molar-refractivity contribution is 0.896. The van der Waals surface area contributed by atoms with E-state index in [4.69, 9.17) is 5.73 Å². The standard InChI is InChI=1S/C12H16BrN5S/c1-3-15-10-5-11(17-12(14)16-10)18(2)6-8-4-9(13)19-7-8/h4-5,7H,3,6H2,1-2H3,(H3,14,15,16,17). The van der Waals surface area contributed by atoms with Crippen molar-refractivity contribution in [2.75, 3.05) is 29.5 Å². The van der Waals surface area contributed by atoms with Gasteiger partial charge in [0, 0.05) is 26.2 Å². The normalized spacial score (nSPS) is 10.5. The molecule has 0 amide bonds. The van der Waals surface area contributed by atoms with E-state index in [0.717, 1.165) is 28.5 Å². The van der Waals surface area contributed by atoms with Crippen LogP contribution >= 0.6 is 27.3 Å². The first-order valence-electron chi connectivity index (χ1n) is 5.91. The van der Waals surface area contributed by atoms with Gasteiger partial charge in [-0.15, -0.1) is 11.3 Å². The van der Waals surface area contributed by atoms with Gasteiger partial charge in [-0.2, -0.15) is 9.97 Å². The molecular weight excluding hydrogens is 326 g/mol. The lowest BCUT2D eigenvalue weighted by atomic mass is 10.3. The molecule has 2 aromatic heterocycles.